The monoisotopic (exact) mass is 347 g/mol. The van der Waals surface area contributed by atoms with Crippen LogP contribution in [0.1, 0.15) is 18.4 Å². The van der Waals surface area contributed by atoms with E-state index in [4.69, 9.17) is 0 Å². The van der Waals surface area contributed by atoms with E-state index in [0.29, 0.717) is 33.9 Å². The fraction of sp³-hybridized carbons (Fsp3) is 0.150. The summed E-state index contributed by atoms with van der Waals surface area (Å²) < 4.78 is 0. The minimum atomic E-state index is -0.254. The number of amides is 1. The highest BCUT2D eigenvalue weighted by Crippen LogP contribution is 2.22. The van der Waals surface area contributed by atoms with Crippen molar-refractivity contribution in [3.63, 3.8) is 0 Å². The number of para-hydroxylation sites is 1. The van der Waals surface area contributed by atoms with E-state index >= 15 is 0 Å². The van der Waals surface area contributed by atoms with Crippen LogP contribution in [0.2, 0.25) is 0 Å². The zero-order valence-electron chi connectivity index (χ0n) is 13.9. The van der Waals surface area contributed by atoms with Crippen LogP contribution in [0.15, 0.2) is 53.3 Å². The molecule has 1 aliphatic rings. The molecule has 0 atom stereocenters. The van der Waals surface area contributed by atoms with Crippen LogP contribution in [0.5, 0.6) is 5.75 Å². The third-order valence-electron chi connectivity index (χ3n) is 4.25. The largest absolute Gasteiger partial charge is 0.508 e. The van der Waals surface area contributed by atoms with Crippen molar-refractivity contribution in [3.8, 4) is 17.1 Å². The number of nitrogens with one attached hydrogen (secondary N) is 2. The number of hydrogen-bond donors (Lipinski definition) is 3. The molecule has 0 saturated heterocycles. The summed E-state index contributed by atoms with van der Waals surface area (Å²) in [6, 6.07) is 12.0. The van der Waals surface area contributed by atoms with Crippen LogP contribution in [0, 0.1) is 0 Å². The van der Waals surface area contributed by atoms with Gasteiger partial charge in [-0.3, -0.25) is 9.59 Å². The average Bonchev–Trinajstić information content (AvgIpc) is 3.44. The molecule has 0 aliphatic heterocycles. The first kappa shape index (κ1) is 16.1. The molecule has 3 aromatic rings. The van der Waals surface area contributed by atoms with E-state index in [-0.39, 0.29) is 17.2 Å². The number of fused-ring (bicyclic) bond motifs is 1. The summed E-state index contributed by atoms with van der Waals surface area (Å²) in [5.41, 5.74) is 1.65. The lowest BCUT2D eigenvalue weighted by atomic mass is 10.1. The summed E-state index contributed by atoms with van der Waals surface area (Å²) in [5.74, 6) is 0.404. The number of carbonyl (C=O) groups is 1. The van der Waals surface area contributed by atoms with Crippen molar-refractivity contribution >= 4 is 22.9 Å². The number of hydrogen-bond acceptors (Lipinski definition) is 4. The topological polar surface area (TPSA) is 95.1 Å². The van der Waals surface area contributed by atoms with E-state index in [2.05, 4.69) is 15.3 Å². The third-order valence-corrected chi connectivity index (χ3v) is 4.25. The molecule has 1 heterocycles. The zero-order chi connectivity index (χ0) is 18.1. The maximum atomic E-state index is 12.4. The van der Waals surface area contributed by atoms with Gasteiger partial charge in [-0.25, -0.2) is 4.98 Å². The van der Waals surface area contributed by atoms with Crippen LogP contribution >= 0.6 is 0 Å². The van der Waals surface area contributed by atoms with Crippen molar-refractivity contribution in [2.45, 2.75) is 18.9 Å². The number of aromatic hydroxyl groups is 1. The maximum Gasteiger partial charge on any atom is 0.259 e. The smallest absolute Gasteiger partial charge is 0.259 e. The molecule has 26 heavy (non-hydrogen) atoms. The highest BCUT2D eigenvalue weighted by molar-refractivity contribution is 5.95. The molecule has 0 spiro atoms. The SMILES string of the molecule is O=C(/C=C/c1cccc2c(=O)[nH]c(-c3ccc(O)cc3)nc12)NC1CC1. The van der Waals surface area contributed by atoms with Gasteiger partial charge in [0.15, 0.2) is 0 Å². The van der Waals surface area contributed by atoms with Gasteiger partial charge in [0, 0.05) is 23.2 Å². The average molecular weight is 347 g/mol. The first-order valence-corrected chi connectivity index (χ1v) is 8.41. The van der Waals surface area contributed by atoms with Crippen molar-refractivity contribution in [3.05, 3.63) is 64.5 Å². The number of benzene rings is 2. The summed E-state index contributed by atoms with van der Waals surface area (Å²) >= 11 is 0. The Morgan fingerprint density at radius 2 is 1.96 bits per heavy atom. The van der Waals surface area contributed by atoms with Gasteiger partial charge in [-0.1, -0.05) is 12.1 Å². The van der Waals surface area contributed by atoms with Crippen molar-refractivity contribution < 1.29 is 9.90 Å². The molecule has 1 aliphatic carbocycles. The first-order chi connectivity index (χ1) is 12.6. The van der Waals surface area contributed by atoms with Crippen LogP contribution in [-0.2, 0) is 4.79 Å². The van der Waals surface area contributed by atoms with Gasteiger partial charge in [-0.15, -0.1) is 0 Å². The number of H-pyrrole nitrogens is 1. The number of rotatable bonds is 4. The van der Waals surface area contributed by atoms with Gasteiger partial charge in [0.1, 0.15) is 11.6 Å². The molecule has 1 amide bonds. The summed E-state index contributed by atoms with van der Waals surface area (Å²) in [6.45, 7) is 0. The van der Waals surface area contributed by atoms with E-state index < -0.39 is 0 Å². The van der Waals surface area contributed by atoms with Crippen molar-refractivity contribution in [2.75, 3.05) is 0 Å². The Morgan fingerprint density at radius 3 is 2.69 bits per heavy atom. The third kappa shape index (κ3) is 3.35. The van der Waals surface area contributed by atoms with Gasteiger partial charge in [-0.05, 0) is 49.2 Å². The molecule has 6 heteroatoms. The van der Waals surface area contributed by atoms with E-state index in [1.54, 1.807) is 30.3 Å². The molecule has 6 nitrogen and oxygen atoms in total. The number of aromatic nitrogens is 2. The number of carbonyl (C=O) groups excluding carboxylic acids is 1. The summed E-state index contributed by atoms with van der Waals surface area (Å²) in [7, 11) is 0. The second-order valence-electron chi connectivity index (χ2n) is 6.32. The lowest BCUT2D eigenvalue weighted by molar-refractivity contribution is -0.116. The lowest BCUT2D eigenvalue weighted by Crippen LogP contribution is -2.22. The molecule has 0 unspecified atom stereocenters. The Hall–Kier alpha value is -3.41. The normalized spacial score (nSPS) is 14.0. The number of phenols is 1. The second kappa shape index (κ2) is 6.48. The first-order valence-electron chi connectivity index (χ1n) is 8.41. The predicted molar refractivity (Wildman–Crippen MR) is 99.7 cm³/mol. The Labute approximate surface area is 149 Å². The Balaban J connectivity index is 1.75. The molecular formula is C20H17N3O3. The molecule has 2 aromatic carbocycles. The van der Waals surface area contributed by atoms with Crippen LogP contribution in [0.4, 0.5) is 0 Å². The maximum absolute atomic E-state index is 12.4. The van der Waals surface area contributed by atoms with Crippen molar-refractivity contribution in [2.24, 2.45) is 0 Å². The highest BCUT2D eigenvalue weighted by atomic mass is 16.3. The van der Waals surface area contributed by atoms with E-state index in [1.807, 2.05) is 6.07 Å². The minimum absolute atomic E-state index is 0.141. The summed E-state index contributed by atoms with van der Waals surface area (Å²) in [6.07, 6.45) is 5.20. The van der Waals surface area contributed by atoms with Crippen molar-refractivity contribution in [1.29, 1.82) is 0 Å². The number of aromatic amines is 1. The minimum Gasteiger partial charge on any atom is -0.508 e. The second-order valence-corrected chi connectivity index (χ2v) is 6.32. The lowest BCUT2D eigenvalue weighted by Gasteiger charge is -2.06. The van der Waals surface area contributed by atoms with Gasteiger partial charge in [0.05, 0.1) is 10.9 Å². The van der Waals surface area contributed by atoms with Crippen LogP contribution < -0.4 is 10.9 Å². The fourth-order valence-corrected chi connectivity index (χ4v) is 2.72. The zero-order valence-corrected chi connectivity index (χ0v) is 13.9. The van der Waals surface area contributed by atoms with Gasteiger partial charge < -0.3 is 15.4 Å². The van der Waals surface area contributed by atoms with Gasteiger partial charge in [0.25, 0.3) is 5.56 Å². The Kier molecular flexibility index (Phi) is 4.01. The summed E-state index contributed by atoms with van der Waals surface area (Å²) in [4.78, 5) is 31.6. The number of nitrogens with zero attached hydrogens (tertiary/aromatic N) is 1. The number of phenolic OH excluding ortho intramolecular Hbond substituents is 1. The van der Waals surface area contributed by atoms with Crippen LogP contribution in [-0.4, -0.2) is 27.0 Å². The van der Waals surface area contributed by atoms with Crippen molar-refractivity contribution in [1.82, 2.24) is 15.3 Å². The standard InChI is InChI=1S/C20H17N3O3/c24-15-9-4-13(5-10-15)19-22-18-12(2-1-3-16(18)20(26)23-19)6-11-17(25)21-14-7-8-14/h1-6,9-11,14,24H,7-8H2,(H,21,25)(H,22,23,26)/b11-6+. The van der Waals surface area contributed by atoms with Gasteiger partial charge >= 0.3 is 0 Å². The van der Waals surface area contributed by atoms with E-state index in [9.17, 15) is 14.7 Å². The molecule has 0 radical (unpaired) electrons. The molecule has 4 rings (SSSR count). The molecule has 0 bridgehead atoms. The molecule has 1 fully saturated rings. The highest BCUT2D eigenvalue weighted by Gasteiger charge is 2.22. The van der Waals surface area contributed by atoms with Gasteiger partial charge in [0.2, 0.25) is 5.91 Å². The van der Waals surface area contributed by atoms with E-state index in [0.717, 1.165) is 12.8 Å². The van der Waals surface area contributed by atoms with Gasteiger partial charge in [-0.2, -0.15) is 0 Å². The quantitative estimate of drug-likeness (QED) is 0.632. The molecule has 130 valence electrons. The molecule has 1 aromatic heterocycles. The summed E-state index contributed by atoms with van der Waals surface area (Å²) in [5, 5.41) is 12.8. The fourth-order valence-electron chi connectivity index (χ4n) is 2.72. The molecular weight excluding hydrogens is 330 g/mol. The molecule has 1 saturated carbocycles. The molecule has 3 N–H and O–H groups in total. The Morgan fingerprint density at radius 1 is 1.19 bits per heavy atom. The van der Waals surface area contributed by atoms with Crippen LogP contribution in [0.3, 0.4) is 0 Å². The Bertz CT molecular complexity index is 1060. The van der Waals surface area contributed by atoms with E-state index in [1.165, 1.54) is 18.2 Å². The predicted octanol–water partition coefficient (Wildman–Crippen LogP) is 2.59. The van der Waals surface area contributed by atoms with Crippen LogP contribution in [0.25, 0.3) is 28.4 Å².